The lowest BCUT2D eigenvalue weighted by molar-refractivity contribution is -0.138. The molecular weight excluding hydrogens is 400 g/mol. The van der Waals surface area contributed by atoms with Gasteiger partial charge in [0.1, 0.15) is 0 Å². The molecule has 0 heterocycles. The summed E-state index contributed by atoms with van der Waals surface area (Å²) in [5.41, 5.74) is 0. The van der Waals surface area contributed by atoms with Crippen molar-refractivity contribution in [3.8, 4) is 0 Å². The molecule has 0 bridgehead atoms. The van der Waals surface area contributed by atoms with Gasteiger partial charge < -0.3 is 10.2 Å². The topological polar surface area (TPSA) is 74.6 Å². The summed E-state index contributed by atoms with van der Waals surface area (Å²) in [5, 5.41) is 17.1. The Morgan fingerprint density at radius 1 is 0.481 bits per heavy atom. The number of unbranched alkanes of at least 4 members (excludes halogenated alkanes) is 12. The lowest BCUT2D eigenvalue weighted by atomic mass is 10.1. The molecule has 0 aliphatic heterocycles. The second-order valence-electron chi connectivity index (χ2n) is 6.95. The molecule has 160 valence electrons. The second kappa shape index (κ2) is 22.3. The molecular formula is C20H38O4S3. The van der Waals surface area contributed by atoms with Crippen LogP contribution in [0.2, 0.25) is 0 Å². The molecule has 2 N–H and O–H groups in total. The van der Waals surface area contributed by atoms with Crippen LogP contribution in [0.3, 0.4) is 0 Å². The summed E-state index contributed by atoms with van der Waals surface area (Å²) in [6.45, 7) is 0. The fraction of sp³-hybridized carbons (Fsp3) is 0.900. The van der Waals surface area contributed by atoms with Crippen molar-refractivity contribution in [2.24, 2.45) is 0 Å². The van der Waals surface area contributed by atoms with Crippen molar-refractivity contribution in [1.29, 1.82) is 0 Å². The SMILES string of the molecule is O=C(O)CCCCCCCCCSSSCCCCCCCCCC(=O)O. The average Bonchev–Trinajstić information content (AvgIpc) is 2.62. The van der Waals surface area contributed by atoms with Crippen molar-refractivity contribution in [1.82, 2.24) is 0 Å². The Kier molecular flexibility index (Phi) is 22.3. The van der Waals surface area contributed by atoms with E-state index in [1.54, 1.807) is 0 Å². The molecule has 0 aliphatic carbocycles. The zero-order chi connectivity index (χ0) is 20.0. The summed E-state index contributed by atoms with van der Waals surface area (Å²) in [4.78, 5) is 20.8. The zero-order valence-electron chi connectivity index (χ0n) is 16.7. The van der Waals surface area contributed by atoms with E-state index in [9.17, 15) is 9.59 Å². The van der Waals surface area contributed by atoms with E-state index in [0.717, 1.165) is 25.7 Å². The van der Waals surface area contributed by atoms with Crippen LogP contribution in [0.5, 0.6) is 0 Å². The molecule has 0 radical (unpaired) electrons. The highest BCUT2D eigenvalue weighted by atomic mass is 33.5. The molecule has 27 heavy (non-hydrogen) atoms. The van der Waals surface area contributed by atoms with E-state index in [0.29, 0.717) is 12.8 Å². The fourth-order valence-electron chi connectivity index (χ4n) is 2.74. The van der Waals surface area contributed by atoms with Crippen LogP contribution in [-0.4, -0.2) is 33.7 Å². The molecule has 0 unspecified atom stereocenters. The van der Waals surface area contributed by atoms with E-state index in [4.69, 9.17) is 10.2 Å². The van der Waals surface area contributed by atoms with Gasteiger partial charge in [0.25, 0.3) is 0 Å². The monoisotopic (exact) mass is 438 g/mol. The Bertz CT molecular complexity index is 322. The Hall–Kier alpha value is -0.0100. The Labute approximate surface area is 177 Å². The number of carbonyl (C=O) groups is 2. The molecule has 0 fully saturated rings. The minimum Gasteiger partial charge on any atom is -0.481 e. The van der Waals surface area contributed by atoms with E-state index >= 15 is 0 Å². The van der Waals surface area contributed by atoms with E-state index in [2.05, 4.69) is 0 Å². The third-order valence-corrected chi connectivity index (χ3v) is 8.75. The lowest BCUT2D eigenvalue weighted by Gasteiger charge is -2.03. The molecule has 0 rings (SSSR count). The summed E-state index contributed by atoms with van der Waals surface area (Å²) in [6, 6.07) is 0. The third-order valence-electron chi connectivity index (χ3n) is 4.33. The van der Waals surface area contributed by atoms with E-state index in [-0.39, 0.29) is 0 Å². The first-order chi connectivity index (χ1) is 13.1. The van der Waals surface area contributed by atoms with Crippen LogP contribution in [0.1, 0.15) is 103 Å². The molecule has 4 nitrogen and oxygen atoms in total. The van der Waals surface area contributed by atoms with Crippen LogP contribution in [0, 0.1) is 0 Å². The van der Waals surface area contributed by atoms with Gasteiger partial charge >= 0.3 is 11.9 Å². The van der Waals surface area contributed by atoms with Crippen LogP contribution < -0.4 is 0 Å². The number of rotatable bonds is 22. The van der Waals surface area contributed by atoms with Crippen molar-refractivity contribution in [2.75, 3.05) is 11.5 Å². The standard InChI is InChI=1S/C20H38O4S3/c21-19(22)15-11-7-3-1-5-9-13-17-25-27-26-18-14-10-6-2-4-8-12-16-20(23)24/h1-18H2,(H,21,22)(H,23,24). The van der Waals surface area contributed by atoms with Gasteiger partial charge in [-0.2, -0.15) is 0 Å². The highest BCUT2D eigenvalue weighted by molar-refractivity contribution is 9.09. The second-order valence-corrected chi connectivity index (χ2v) is 11.4. The van der Waals surface area contributed by atoms with Gasteiger partial charge in [0.2, 0.25) is 0 Å². The molecule has 0 aromatic carbocycles. The predicted molar refractivity (Wildman–Crippen MR) is 122 cm³/mol. The maximum Gasteiger partial charge on any atom is 0.303 e. The largest absolute Gasteiger partial charge is 0.481 e. The molecule has 0 saturated heterocycles. The van der Waals surface area contributed by atoms with Gasteiger partial charge in [-0.1, -0.05) is 85.8 Å². The highest BCUT2D eigenvalue weighted by Crippen LogP contribution is 2.35. The normalized spacial score (nSPS) is 11.0. The summed E-state index contributed by atoms with van der Waals surface area (Å²) >= 11 is 0. The third kappa shape index (κ3) is 26.0. The van der Waals surface area contributed by atoms with Gasteiger partial charge in [-0.15, -0.1) is 0 Å². The van der Waals surface area contributed by atoms with Crippen LogP contribution in [0.15, 0.2) is 0 Å². The smallest absolute Gasteiger partial charge is 0.303 e. The van der Waals surface area contributed by atoms with Crippen LogP contribution >= 0.6 is 31.4 Å². The lowest BCUT2D eigenvalue weighted by Crippen LogP contribution is -1.93. The summed E-state index contributed by atoms with van der Waals surface area (Å²) in [5.74, 6) is 1.11. The van der Waals surface area contributed by atoms with Gasteiger partial charge in [0.05, 0.1) is 0 Å². The number of hydrogen-bond donors (Lipinski definition) is 2. The van der Waals surface area contributed by atoms with Crippen molar-refractivity contribution >= 4 is 43.4 Å². The van der Waals surface area contributed by atoms with E-state index < -0.39 is 11.9 Å². The van der Waals surface area contributed by atoms with E-state index in [1.807, 2.05) is 31.4 Å². The van der Waals surface area contributed by atoms with Crippen molar-refractivity contribution < 1.29 is 19.8 Å². The molecule has 0 atom stereocenters. The van der Waals surface area contributed by atoms with Crippen molar-refractivity contribution in [2.45, 2.75) is 103 Å². The minimum atomic E-state index is -0.674. The average molecular weight is 439 g/mol. The number of carboxylic acid groups (broad SMARTS) is 2. The van der Waals surface area contributed by atoms with Crippen LogP contribution in [-0.2, 0) is 9.59 Å². The molecule has 0 spiro atoms. The quantitative estimate of drug-likeness (QED) is 0.134. The summed E-state index contributed by atoms with van der Waals surface area (Å²) < 4.78 is 0. The fourth-order valence-corrected chi connectivity index (χ4v) is 6.75. The minimum absolute atomic E-state index is 0.320. The predicted octanol–water partition coefficient (Wildman–Crippen LogP) is 7.43. The molecule has 0 aliphatic rings. The first kappa shape index (κ1) is 27.0. The number of aliphatic carboxylic acids is 2. The Balaban J connectivity index is 3.01. The first-order valence-corrected chi connectivity index (χ1v) is 14.3. The number of hydrogen-bond acceptors (Lipinski definition) is 5. The molecule has 7 heteroatoms. The Morgan fingerprint density at radius 2 is 0.778 bits per heavy atom. The van der Waals surface area contributed by atoms with Crippen LogP contribution in [0.25, 0.3) is 0 Å². The van der Waals surface area contributed by atoms with Crippen molar-refractivity contribution in [3.63, 3.8) is 0 Å². The van der Waals surface area contributed by atoms with Crippen molar-refractivity contribution in [3.05, 3.63) is 0 Å². The summed E-state index contributed by atoms with van der Waals surface area (Å²) in [6.07, 6.45) is 17.0. The maximum atomic E-state index is 10.4. The molecule has 0 aromatic heterocycles. The molecule has 0 amide bonds. The maximum absolute atomic E-state index is 10.4. The molecule has 0 saturated carbocycles. The first-order valence-electron chi connectivity index (χ1n) is 10.5. The van der Waals surface area contributed by atoms with E-state index in [1.165, 1.54) is 75.7 Å². The van der Waals surface area contributed by atoms with Gasteiger partial charge in [0, 0.05) is 24.3 Å². The Morgan fingerprint density at radius 3 is 1.11 bits per heavy atom. The van der Waals surface area contributed by atoms with Crippen LogP contribution in [0.4, 0.5) is 0 Å². The van der Waals surface area contributed by atoms with Gasteiger partial charge in [0.15, 0.2) is 0 Å². The van der Waals surface area contributed by atoms with Gasteiger partial charge in [-0.25, -0.2) is 0 Å². The molecule has 0 aromatic rings. The number of carboxylic acids is 2. The van der Waals surface area contributed by atoms with Gasteiger partial charge in [-0.3, -0.25) is 9.59 Å². The summed E-state index contributed by atoms with van der Waals surface area (Å²) in [7, 11) is 5.88. The zero-order valence-corrected chi connectivity index (χ0v) is 19.1. The van der Waals surface area contributed by atoms with Gasteiger partial charge in [-0.05, 0) is 35.5 Å². The highest BCUT2D eigenvalue weighted by Gasteiger charge is 1.98.